The summed E-state index contributed by atoms with van der Waals surface area (Å²) in [5.74, 6) is -2.15. The maximum absolute atomic E-state index is 14.9. The number of hydroxylamine groups is 1. The quantitative estimate of drug-likeness (QED) is 0.399. The summed E-state index contributed by atoms with van der Waals surface area (Å²) < 4.78 is 30.0. The molecule has 3 N–H and O–H groups in total. The first-order chi connectivity index (χ1) is 12.5. The summed E-state index contributed by atoms with van der Waals surface area (Å²) in [7, 11) is 0. The van der Waals surface area contributed by atoms with Crippen molar-refractivity contribution >= 4 is 54.8 Å². The van der Waals surface area contributed by atoms with E-state index in [9.17, 15) is 13.6 Å². The zero-order valence-corrected chi connectivity index (χ0v) is 15.5. The van der Waals surface area contributed by atoms with Crippen molar-refractivity contribution in [2.75, 3.05) is 18.5 Å². The Kier molecular flexibility index (Phi) is 5.77. The van der Waals surface area contributed by atoms with Crippen molar-refractivity contribution < 1.29 is 23.5 Å². The first-order valence-corrected chi connectivity index (χ1v) is 8.99. The zero-order valence-electron chi connectivity index (χ0n) is 13.1. The predicted molar refractivity (Wildman–Crippen MR) is 97.5 cm³/mol. The second-order valence-electron chi connectivity index (χ2n) is 5.06. The van der Waals surface area contributed by atoms with Gasteiger partial charge in [0.05, 0.1) is 40.4 Å². The highest BCUT2D eigenvalue weighted by Crippen LogP contribution is 2.33. The largest absolute Gasteiger partial charge is 0.394 e. The summed E-state index contributed by atoms with van der Waals surface area (Å²) in [6.07, 6.45) is 0. The number of nitrogens with zero attached hydrogens (tertiary/aromatic N) is 1. The summed E-state index contributed by atoms with van der Waals surface area (Å²) >= 11 is 4.31. The molecule has 1 aromatic heterocycles. The summed E-state index contributed by atoms with van der Waals surface area (Å²) in [5.41, 5.74) is 3.31. The van der Waals surface area contributed by atoms with Gasteiger partial charge in [0.2, 0.25) is 0 Å². The van der Waals surface area contributed by atoms with Crippen molar-refractivity contribution in [1.29, 1.82) is 0 Å². The van der Waals surface area contributed by atoms with Crippen LogP contribution >= 0.6 is 27.3 Å². The van der Waals surface area contributed by atoms with E-state index in [1.54, 1.807) is 6.07 Å². The standard InChI is InChI=1S/C16H12BrF2N3O3S/c17-8-1-2-11(10(18)5-8)21-14-9(16(24)22-25-4-3-23)6-12-15(13(14)19)20-7-26-12/h1-2,5-7,21,23H,3-4H2,(H,22,24). The number of halogens is 3. The molecule has 0 aliphatic carbocycles. The minimum atomic E-state index is -0.779. The number of carbonyl (C=O) groups is 1. The van der Waals surface area contributed by atoms with Gasteiger partial charge in [-0.25, -0.2) is 19.2 Å². The Labute approximate surface area is 158 Å². The maximum atomic E-state index is 14.9. The number of carbonyl (C=O) groups excluding carboxylic acids is 1. The first-order valence-electron chi connectivity index (χ1n) is 7.32. The molecule has 3 rings (SSSR count). The van der Waals surface area contributed by atoms with E-state index in [0.29, 0.717) is 9.17 Å². The molecule has 0 atom stereocenters. The van der Waals surface area contributed by atoms with Crippen LogP contribution in [0.4, 0.5) is 20.2 Å². The average Bonchev–Trinajstić information content (AvgIpc) is 3.08. The second-order valence-corrected chi connectivity index (χ2v) is 6.87. The highest BCUT2D eigenvalue weighted by Gasteiger charge is 2.21. The molecule has 0 saturated heterocycles. The summed E-state index contributed by atoms with van der Waals surface area (Å²) in [5, 5.41) is 11.3. The highest BCUT2D eigenvalue weighted by atomic mass is 79.9. The van der Waals surface area contributed by atoms with Crippen LogP contribution in [0.1, 0.15) is 10.4 Å². The number of fused-ring (bicyclic) bond motifs is 1. The summed E-state index contributed by atoms with van der Waals surface area (Å²) in [4.78, 5) is 21.1. The van der Waals surface area contributed by atoms with Crippen molar-refractivity contribution in [3.05, 3.63) is 51.4 Å². The molecule has 0 bridgehead atoms. The van der Waals surface area contributed by atoms with Gasteiger partial charge in [-0.3, -0.25) is 9.63 Å². The lowest BCUT2D eigenvalue weighted by Crippen LogP contribution is -2.26. The number of benzene rings is 2. The summed E-state index contributed by atoms with van der Waals surface area (Å²) in [6, 6.07) is 5.64. The molecular weight excluding hydrogens is 432 g/mol. The van der Waals surface area contributed by atoms with Gasteiger partial charge in [0.25, 0.3) is 5.91 Å². The normalized spacial score (nSPS) is 10.9. The second kappa shape index (κ2) is 8.04. The molecule has 136 valence electrons. The molecule has 0 aliphatic heterocycles. The number of hydrogen-bond acceptors (Lipinski definition) is 6. The fourth-order valence-electron chi connectivity index (χ4n) is 2.21. The Morgan fingerprint density at radius 2 is 2.15 bits per heavy atom. The number of aliphatic hydroxyl groups excluding tert-OH is 1. The third kappa shape index (κ3) is 3.83. The van der Waals surface area contributed by atoms with Crippen molar-refractivity contribution in [3.8, 4) is 0 Å². The summed E-state index contributed by atoms with van der Waals surface area (Å²) in [6.45, 7) is -0.418. The monoisotopic (exact) mass is 443 g/mol. The van der Waals surface area contributed by atoms with Crippen LogP contribution < -0.4 is 10.8 Å². The molecule has 0 unspecified atom stereocenters. The SMILES string of the molecule is O=C(NOCCO)c1cc2scnc2c(F)c1Nc1ccc(Br)cc1F. The smallest absolute Gasteiger partial charge is 0.277 e. The van der Waals surface area contributed by atoms with Crippen molar-refractivity contribution in [3.63, 3.8) is 0 Å². The highest BCUT2D eigenvalue weighted by molar-refractivity contribution is 9.10. The van der Waals surface area contributed by atoms with Crippen LogP contribution in [0.3, 0.4) is 0 Å². The van der Waals surface area contributed by atoms with Gasteiger partial charge in [0.15, 0.2) is 5.82 Å². The maximum Gasteiger partial charge on any atom is 0.277 e. The number of aliphatic hydroxyl groups is 1. The molecule has 0 spiro atoms. The molecule has 1 amide bonds. The molecular formula is C16H12BrF2N3O3S. The lowest BCUT2D eigenvalue weighted by Gasteiger charge is -2.14. The fraction of sp³-hybridized carbons (Fsp3) is 0.125. The van der Waals surface area contributed by atoms with Crippen molar-refractivity contribution in [2.45, 2.75) is 0 Å². The Morgan fingerprint density at radius 1 is 1.35 bits per heavy atom. The van der Waals surface area contributed by atoms with E-state index in [0.717, 1.165) is 11.3 Å². The van der Waals surface area contributed by atoms with E-state index in [4.69, 9.17) is 9.94 Å². The van der Waals surface area contributed by atoms with E-state index < -0.39 is 17.5 Å². The third-order valence-electron chi connectivity index (χ3n) is 3.36. The number of nitrogens with one attached hydrogen (secondary N) is 2. The van der Waals surface area contributed by atoms with Crippen LogP contribution in [-0.4, -0.2) is 29.2 Å². The van der Waals surface area contributed by atoms with Gasteiger partial charge in [-0.05, 0) is 24.3 Å². The van der Waals surface area contributed by atoms with Crippen LogP contribution in [0.2, 0.25) is 0 Å². The number of thiazole rings is 1. The minimum Gasteiger partial charge on any atom is -0.394 e. The van der Waals surface area contributed by atoms with E-state index in [1.807, 2.05) is 0 Å². The van der Waals surface area contributed by atoms with Gasteiger partial charge in [-0.1, -0.05) is 15.9 Å². The molecule has 3 aromatic rings. The first kappa shape index (κ1) is 18.6. The topological polar surface area (TPSA) is 83.5 Å². The third-order valence-corrected chi connectivity index (χ3v) is 4.63. The molecule has 6 nitrogen and oxygen atoms in total. The fourth-order valence-corrected chi connectivity index (χ4v) is 3.25. The zero-order chi connectivity index (χ0) is 18.7. The molecule has 1 heterocycles. The van der Waals surface area contributed by atoms with Gasteiger partial charge >= 0.3 is 0 Å². The van der Waals surface area contributed by atoms with Gasteiger partial charge in [-0.15, -0.1) is 11.3 Å². The van der Waals surface area contributed by atoms with Gasteiger partial charge < -0.3 is 10.4 Å². The van der Waals surface area contributed by atoms with E-state index in [-0.39, 0.29) is 35.7 Å². The lowest BCUT2D eigenvalue weighted by atomic mass is 10.1. The minimum absolute atomic E-state index is 0.00740. The molecule has 0 radical (unpaired) electrons. The van der Waals surface area contributed by atoms with Gasteiger partial charge in [0.1, 0.15) is 11.3 Å². The molecule has 2 aromatic carbocycles. The Balaban J connectivity index is 2.04. The molecule has 0 saturated carbocycles. The van der Waals surface area contributed by atoms with Crippen LogP contribution in [-0.2, 0) is 4.84 Å². The van der Waals surface area contributed by atoms with E-state index in [2.05, 4.69) is 31.7 Å². The van der Waals surface area contributed by atoms with E-state index >= 15 is 0 Å². The predicted octanol–water partition coefficient (Wildman–Crippen LogP) is 3.73. The van der Waals surface area contributed by atoms with Crippen LogP contribution in [0, 0.1) is 11.6 Å². The molecule has 0 fully saturated rings. The average molecular weight is 444 g/mol. The molecule has 26 heavy (non-hydrogen) atoms. The Hall–Kier alpha value is -2.14. The van der Waals surface area contributed by atoms with E-state index in [1.165, 1.54) is 23.7 Å². The number of anilines is 2. The lowest BCUT2D eigenvalue weighted by molar-refractivity contribution is 0.0169. The van der Waals surface area contributed by atoms with Gasteiger partial charge in [0, 0.05) is 4.47 Å². The van der Waals surface area contributed by atoms with Crippen LogP contribution in [0.5, 0.6) is 0 Å². The van der Waals surface area contributed by atoms with Crippen LogP contribution in [0.25, 0.3) is 10.2 Å². The number of rotatable bonds is 6. The Bertz CT molecular complexity index is 967. The van der Waals surface area contributed by atoms with Crippen LogP contribution in [0.15, 0.2) is 34.2 Å². The number of amides is 1. The molecule has 0 aliphatic rings. The number of aromatic nitrogens is 1. The molecule has 10 heteroatoms. The van der Waals surface area contributed by atoms with Gasteiger partial charge in [-0.2, -0.15) is 0 Å². The number of hydrogen-bond donors (Lipinski definition) is 3. The van der Waals surface area contributed by atoms with Crippen molar-refractivity contribution in [1.82, 2.24) is 10.5 Å². The van der Waals surface area contributed by atoms with Crippen molar-refractivity contribution in [2.24, 2.45) is 0 Å². The Morgan fingerprint density at radius 3 is 2.88 bits per heavy atom.